The number of carbonyl (C=O) groups is 4. The van der Waals surface area contributed by atoms with Crippen LogP contribution >= 0.6 is 0 Å². The third-order valence-corrected chi connectivity index (χ3v) is 5.01. The van der Waals surface area contributed by atoms with Gasteiger partial charge in [0.15, 0.2) is 0 Å². The van der Waals surface area contributed by atoms with Gasteiger partial charge in [-0.25, -0.2) is 28.2 Å². The van der Waals surface area contributed by atoms with E-state index >= 15 is 0 Å². The molecule has 2 N–H and O–H groups in total. The number of rotatable bonds is 6. The van der Waals surface area contributed by atoms with Gasteiger partial charge in [-0.2, -0.15) is 5.26 Å². The maximum Gasteiger partial charge on any atom is 1.00 e. The van der Waals surface area contributed by atoms with E-state index in [0.29, 0.717) is 33.6 Å². The molecule has 17 heteroatoms. The Hall–Kier alpha value is -5.02. The number of methoxy groups -OCH3 is 2. The number of nitriles is 1. The van der Waals surface area contributed by atoms with Crippen LogP contribution in [0.25, 0.3) is 0 Å². The summed E-state index contributed by atoms with van der Waals surface area (Å²) in [4.78, 5) is 54.1. The summed E-state index contributed by atoms with van der Waals surface area (Å²) < 4.78 is 43.1. The summed E-state index contributed by atoms with van der Waals surface area (Å²) in [6.07, 6.45) is 6.37. The minimum absolute atomic E-state index is 0. The molecule has 250 valence electrons. The molecule has 4 aromatic rings. The standard InChI is InChI=1S/2C14H12N2O3.C2H3N.Ag.ClHO4/c2*1-19-14(18)11-4-2-10(3-5-11)13(17)16-12-6-8-15-9-7-12;1-2-3;;2-1(3,4)5/h2*2-9H,1H3,(H,15,16,17);1H3;;(H,2,3,4,5)/q;;;+1;/p-1. The number of aromatic nitrogens is 2. The third kappa shape index (κ3) is 17.9. The van der Waals surface area contributed by atoms with E-state index < -0.39 is 22.2 Å². The molecule has 0 spiro atoms. The SMILES string of the molecule is CC#N.COC(=O)c1ccc(C(=O)Nc2ccncc2)cc1.COC(=O)c1ccc(C(=O)Nc2ccncc2)cc1.[Ag+].[O-][Cl+3]([O-])([O-])[O-]. The zero-order chi connectivity index (χ0) is 34.5. The van der Waals surface area contributed by atoms with Crippen LogP contribution in [0.2, 0.25) is 0 Å². The van der Waals surface area contributed by atoms with E-state index in [1.807, 2.05) is 0 Å². The first kappa shape index (κ1) is 42.0. The quantitative estimate of drug-likeness (QED) is 0.194. The molecule has 15 nitrogen and oxygen atoms in total. The normalized spacial score (nSPS) is 9.32. The first-order valence-electron chi connectivity index (χ1n) is 12.5. The molecule has 0 unspecified atom stereocenters. The second kappa shape index (κ2) is 22.5. The number of hydrogen-bond donors (Lipinski definition) is 2. The summed E-state index contributed by atoms with van der Waals surface area (Å²) >= 11 is 0. The zero-order valence-corrected chi connectivity index (χ0v) is 27.1. The fourth-order valence-corrected chi connectivity index (χ4v) is 3.03. The molecule has 0 aliphatic carbocycles. The van der Waals surface area contributed by atoms with Gasteiger partial charge in [0, 0.05) is 54.2 Å². The number of nitrogens with one attached hydrogen (secondary N) is 2. The van der Waals surface area contributed by atoms with Crippen LogP contribution < -0.4 is 29.3 Å². The molecule has 0 saturated heterocycles. The number of benzene rings is 2. The molecule has 0 saturated carbocycles. The Morgan fingerprint density at radius 3 is 1.09 bits per heavy atom. The van der Waals surface area contributed by atoms with Crippen molar-refractivity contribution in [2.75, 3.05) is 24.9 Å². The van der Waals surface area contributed by atoms with Crippen LogP contribution in [0.4, 0.5) is 11.4 Å². The van der Waals surface area contributed by atoms with Gasteiger partial charge in [-0.1, -0.05) is 0 Å². The summed E-state index contributed by atoms with van der Waals surface area (Å²) in [5.41, 5.74) is 3.06. The largest absolute Gasteiger partial charge is 1.00 e. The van der Waals surface area contributed by atoms with Gasteiger partial charge in [-0.15, -0.1) is 10.2 Å². The van der Waals surface area contributed by atoms with Gasteiger partial charge in [0.05, 0.1) is 31.4 Å². The van der Waals surface area contributed by atoms with Crippen molar-refractivity contribution in [3.63, 3.8) is 0 Å². The van der Waals surface area contributed by atoms with Gasteiger partial charge in [-0.3, -0.25) is 19.6 Å². The Morgan fingerprint density at radius 2 is 0.851 bits per heavy atom. The van der Waals surface area contributed by atoms with Crippen LogP contribution in [0.1, 0.15) is 48.4 Å². The van der Waals surface area contributed by atoms with E-state index in [-0.39, 0.29) is 34.2 Å². The van der Waals surface area contributed by atoms with Crippen molar-refractivity contribution in [2.24, 2.45) is 0 Å². The third-order valence-electron chi connectivity index (χ3n) is 5.01. The number of ether oxygens (including phenoxy) is 2. The van der Waals surface area contributed by atoms with E-state index in [2.05, 4.69) is 30.1 Å². The van der Waals surface area contributed by atoms with Crippen LogP contribution in [0.5, 0.6) is 0 Å². The van der Waals surface area contributed by atoms with Crippen LogP contribution in [-0.2, 0) is 31.9 Å². The predicted molar refractivity (Wildman–Crippen MR) is 151 cm³/mol. The van der Waals surface area contributed by atoms with Crippen LogP contribution in [0.15, 0.2) is 97.6 Å². The first-order valence-corrected chi connectivity index (χ1v) is 13.8. The maximum atomic E-state index is 11.9. The predicted octanol–water partition coefficient (Wildman–Crippen LogP) is 0.0124. The van der Waals surface area contributed by atoms with Gasteiger partial charge in [0.1, 0.15) is 0 Å². The summed E-state index contributed by atoms with van der Waals surface area (Å²) in [5, 5.41) is 12.8. The van der Waals surface area contributed by atoms with Crippen LogP contribution in [-0.4, -0.2) is 47.9 Å². The van der Waals surface area contributed by atoms with E-state index in [4.69, 9.17) is 23.9 Å². The van der Waals surface area contributed by atoms with E-state index in [9.17, 15) is 19.2 Å². The number of halogens is 1. The average Bonchev–Trinajstić information content (AvgIpc) is 3.05. The minimum Gasteiger partial charge on any atom is -0.465 e. The summed E-state index contributed by atoms with van der Waals surface area (Å²) in [7, 11) is -2.32. The van der Waals surface area contributed by atoms with Gasteiger partial charge in [-0.05, 0) is 72.8 Å². The summed E-state index contributed by atoms with van der Waals surface area (Å²) in [6, 6.07) is 21.0. The van der Waals surface area contributed by atoms with Crippen molar-refractivity contribution in [1.82, 2.24) is 9.97 Å². The van der Waals surface area contributed by atoms with E-state index in [1.54, 1.807) is 104 Å². The van der Waals surface area contributed by atoms with Gasteiger partial charge < -0.3 is 20.1 Å². The van der Waals surface area contributed by atoms with Crippen molar-refractivity contribution in [2.45, 2.75) is 6.92 Å². The molecular formula is C30H27AgClN5O10. The molecule has 0 atom stereocenters. The van der Waals surface area contributed by atoms with Crippen LogP contribution in [0, 0.1) is 21.6 Å². The maximum absolute atomic E-state index is 11.9. The molecule has 0 aliphatic heterocycles. The molecule has 0 fully saturated rings. The zero-order valence-electron chi connectivity index (χ0n) is 24.8. The average molecular weight is 761 g/mol. The number of carbonyl (C=O) groups excluding carboxylic acids is 4. The fraction of sp³-hybridized carbons (Fsp3) is 0.100. The van der Waals surface area contributed by atoms with Crippen molar-refractivity contribution in [3.05, 3.63) is 120 Å². The minimum atomic E-state index is -4.94. The number of anilines is 2. The Bertz CT molecular complexity index is 1470. The molecular weight excluding hydrogens is 734 g/mol. The van der Waals surface area contributed by atoms with Crippen molar-refractivity contribution < 1.29 is 79.9 Å². The molecule has 2 amide bonds. The summed E-state index contributed by atoms with van der Waals surface area (Å²) in [6.45, 7) is 1.43. The molecule has 2 aromatic heterocycles. The Labute approximate surface area is 287 Å². The fourth-order valence-electron chi connectivity index (χ4n) is 3.03. The van der Waals surface area contributed by atoms with Crippen LogP contribution in [0.3, 0.4) is 0 Å². The smallest absolute Gasteiger partial charge is 0.465 e. The van der Waals surface area contributed by atoms with Gasteiger partial charge in [0.2, 0.25) is 0 Å². The Morgan fingerprint density at radius 1 is 0.617 bits per heavy atom. The van der Waals surface area contributed by atoms with Crippen molar-refractivity contribution in [1.29, 1.82) is 5.26 Å². The molecule has 4 rings (SSSR count). The number of amides is 2. The second-order valence-electron chi connectivity index (χ2n) is 8.12. The van der Waals surface area contributed by atoms with Crippen molar-refractivity contribution in [3.8, 4) is 6.07 Å². The molecule has 0 aliphatic rings. The number of hydrogen-bond acceptors (Lipinski definition) is 13. The van der Waals surface area contributed by atoms with E-state index in [0.717, 1.165) is 0 Å². The topological polar surface area (TPSA) is 253 Å². The summed E-state index contributed by atoms with van der Waals surface area (Å²) in [5.74, 6) is -1.35. The second-order valence-corrected chi connectivity index (χ2v) is 8.88. The number of esters is 2. The van der Waals surface area contributed by atoms with Crippen molar-refractivity contribution >= 4 is 35.1 Å². The molecule has 2 aromatic carbocycles. The van der Waals surface area contributed by atoms with Gasteiger partial charge in [0.25, 0.3) is 11.8 Å². The molecule has 0 bridgehead atoms. The van der Waals surface area contributed by atoms with E-state index in [1.165, 1.54) is 21.1 Å². The number of nitrogens with zero attached hydrogens (tertiary/aromatic N) is 3. The monoisotopic (exact) mass is 759 g/mol. The Kier molecular flexibility index (Phi) is 20.1. The molecule has 0 radical (unpaired) electrons. The van der Waals surface area contributed by atoms with Gasteiger partial charge >= 0.3 is 34.3 Å². The molecule has 2 heterocycles. The first-order chi connectivity index (χ1) is 21.8. The Balaban J connectivity index is 0.000000722. The molecule has 47 heavy (non-hydrogen) atoms. The number of pyridine rings is 2.